The van der Waals surface area contributed by atoms with Crippen LogP contribution in [0, 0.1) is 5.82 Å². The number of nitrogens with zero attached hydrogens (tertiary/aromatic N) is 3. The molecule has 162 valence electrons. The van der Waals surface area contributed by atoms with Gasteiger partial charge in [0.05, 0.1) is 17.4 Å². The quantitative estimate of drug-likeness (QED) is 0.442. The first-order valence-electron chi connectivity index (χ1n) is 9.55. The number of aromatic nitrogens is 3. The van der Waals surface area contributed by atoms with Crippen molar-refractivity contribution in [3.63, 3.8) is 0 Å². The van der Waals surface area contributed by atoms with Crippen LogP contribution in [0.5, 0.6) is 0 Å². The molecule has 3 rings (SSSR count). The fourth-order valence-corrected chi connectivity index (χ4v) is 3.94. The van der Waals surface area contributed by atoms with Gasteiger partial charge in [0.15, 0.2) is 11.0 Å². The number of halogens is 2. The third kappa shape index (κ3) is 5.92. The highest BCUT2D eigenvalue weighted by Crippen LogP contribution is 2.22. The first-order valence-corrected chi connectivity index (χ1v) is 11.3. The number of nitrogens with one attached hydrogen (secondary N) is 2. The lowest BCUT2D eigenvalue weighted by atomic mass is 10.2. The van der Waals surface area contributed by atoms with Crippen LogP contribution in [0.15, 0.2) is 58.2 Å². The van der Waals surface area contributed by atoms with Gasteiger partial charge in [-0.15, -0.1) is 10.2 Å². The number of hydrogen-bond acceptors (Lipinski definition) is 5. The molecular weight excluding hydrogens is 485 g/mol. The zero-order valence-electron chi connectivity index (χ0n) is 16.9. The Morgan fingerprint density at radius 1 is 1.16 bits per heavy atom. The summed E-state index contributed by atoms with van der Waals surface area (Å²) in [6.07, 6.45) is 0. The lowest BCUT2D eigenvalue weighted by Gasteiger charge is -2.15. The van der Waals surface area contributed by atoms with E-state index < -0.39 is 17.8 Å². The summed E-state index contributed by atoms with van der Waals surface area (Å²) in [5.41, 5.74) is 0.673. The van der Waals surface area contributed by atoms with Crippen molar-refractivity contribution in [2.75, 3.05) is 11.1 Å². The smallest absolute Gasteiger partial charge is 0.254 e. The van der Waals surface area contributed by atoms with Crippen LogP contribution in [0.3, 0.4) is 0 Å². The third-order valence-electron chi connectivity index (χ3n) is 4.38. The summed E-state index contributed by atoms with van der Waals surface area (Å²) in [6, 6.07) is 12.6. The third-order valence-corrected chi connectivity index (χ3v) is 5.87. The van der Waals surface area contributed by atoms with Crippen molar-refractivity contribution in [1.82, 2.24) is 20.1 Å². The molecule has 1 aromatic heterocycles. The van der Waals surface area contributed by atoms with Gasteiger partial charge in [-0.25, -0.2) is 4.39 Å². The normalized spacial score (nSPS) is 11.7. The van der Waals surface area contributed by atoms with Gasteiger partial charge in [0.25, 0.3) is 5.91 Å². The van der Waals surface area contributed by atoms with Crippen molar-refractivity contribution in [3.05, 3.63) is 70.2 Å². The summed E-state index contributed by atoms with van der Waals surface area (Å²) in [6.45, 7) is 4.23. The molecule has 7 nitrogen and oxygen atoms in total. The molecule has 1 atom stereocenters. The van der Waals surface area contributed by atoms with Crippen molar-refractivity contribution >= 4 is 45.2 Å². The zero-order chi connectivity index (χ0) is 22.4. The molecule has 31 heavy (non-hydrogen) atoms. The number of carbonyl (C=O) groups is 2. The number of anilines is 1. The highest BCUT2D eigenvalue weighted by Gasteiger charge is 2.21. The molecule has 1 heterocycles. The zero-order valence-corrected chi connectivity index (χ0v) is 19.3. The average Bonchev–Trinajstić information content (AvgIpc) is 3.17. The Morgan fingerprint density at radius 3 is 2.55 bits per heavy atom. The minimum absolute atomic E-state index is 0.0314. The van der Waals surface area contributed by atoms with Crippen LogP contribution in [0.1, 0.15) is 36.1 Å². The van der Waals surface area contributed by atoms with Gasteiger partial charge in [-0.3, -0.25) is 9.59 Å². The summed E-state index contributed by atoms with van der Waals surface area (Å²) < 4.78 is 16.6. The molecule has 0 bridgehead atoms. The van der Waals surface area contributed by atoms with Crippen molar-refractivity contribution in [2.24, 2.45) is 0 Å². The van der Waals surface area contributed by atoms with Crippen LogP contribution in [-0.4, -0.2) is 32.3 Å². The second-order valence-corrected chi connectivity index (χ2v) is 8.46. The summed E-state index contributed by atoms with van der Waals surface area (Å²) in [7, 11) is 0. The highest BCUT2D eigenvalue weighted by molar-refractivity contribution is 9.10. The molecule has 10 heteroatoms. The van der Waals surface area contributed by atoms with Gasteiger partial charge in [0, 0.05) is 16.7 Å². The van der Waals surface area contributed by atoms with Crippen LogP contribution < -0.4 is 10.6 Å². The molecule has 0 spiro atoms. The maximum Gasteiger partial charge on any atom is 0.254 e. The lowest BCUT2D eigenvalue weighted by molar-refractivity contribution is -0.113. The maximum absolute atomic E-state index is 13.9. The summed E-state index contributed by atoms with van der Waals surface area (Å²) in [5, 5.41) is 14.5. The Bertz CT molecular complexity index is 1070. The van der Waals surface area contributed by atoms with Gasteiger partial charge in [-0.05, 0) is 50.2 Å². The number of thioether (sulfide) groups is 1. The van der Waals surface area contributed by atoms with Crippen molar-refractivity contribution < 1.29 is 14.0 Å². The Kier molecular flexibility index (Phi) is 7.80. The van der Waals surface area contributed by atoms with Crippen molar-refractivity contribution in [1.29, 1.82) is 0 Å². The van der Waals surface area contributed by atoms with E-state index in [1.54, 1.807) is 25.1 Å². The van der Waals surface area contributed by atoms with Crippen molar-refractivity contribution in [2.45, 2.75) is 31.6 Å². The maximum atomic E-state index is 13.9. The minimum atomic E-state index is -0.586. The number of rotatable bonds is 8. The SMILES string of the molecule is CCn1c(SCC(=O)Nc2ccc(Br)cc2)nnc1C(C)NC(=O)c1ccccc1F. The van der Waals surface area contributed by atoms with E-state index >= 15 is 0 Å². The van der Waals surface area contributed by atoms with Gasteiger partial charge in [-0.1, -0.05) is 39.8 Å². The molecule has 2 amide bonds. The van der Waals surface area contributed by atoms with Crippen LogP contribution >= 0.6 is 27.7 Å². The second-order valence-electron chi connectivity index (χ2n) is 6.60. The van der Waals surface area contributed by atoms with Gasteiger partial charge >= 0.3 is 0 Å². The van der Waals surface area contributed by atoms with E-state index in [-0.39, 0.29) is 17.2 Å². The largest absolute Gasteiger partial charge is 0.342 e. The molecule has 0 aliphatic carbocycles. The highest BCUT2D eigenvalue weighted by atomic mass is 79.9. The summed E-state index contributed by atoms with van der Waals surface area (Å²) in [4.78, 5) is 24.6. The Balaban J connectivity index is 1.63. The second kappa shape index (κ2) is 10.5. The molecular formula is C21H21BrFN5O2S. The van der Waals surface area contributed by atoms with Crippen LogP contribution in [0.2, 0.25) is 0 Å². The van der Waals surface area contributed by atoms with E-state index in [4.69, 9.17) is 0 Å². The van der Waals surface area contributed by atoms with Gasteiger partial charge < -0.3 is 15.2 Å². The van der Waals surface area contributed by atoms with E-state index in [2.05, 4.69) is 36.8 Å². The van der Waals surface area contributed by atoms with Crippen molar-refractivity contribution in [3.8, 4) is 0 Å². The topological polar surface area (TPSA) is 88.9 Å². The molecule has 0 saturated carbocycles. The first kappa shape index (κ1) is 23.0. The van der Waals surface area contributed by atoms with E-state index in [9.17, 15) is 14.0 Å². The fraction of sp³-hybridized carbons (Fsp3) is 0.238. The van der Waals surface area contributed by atoms with Crippen LogP contribution in [0.4, 0.5) is 10.1 Å². The molecule has 1 unspecified atom stereocenters. The Labute approximate surface area is 192 Å². The van der Waals surface area contributed by atoms with E-state index in [1.807, 2.05) is 23.6 Å². The van der Waals surface area contributed by atoms with Gasteiger partial charge in [0.1, 0.15) is 5.82 Å². The molecule has 0 fully saturated rings. The number of amides is 2. The lowest BCUT2D eigenvalue weighted by Crippen LogP contribution is -2.29. The minimum Gasteiger partial charge on any atom is -0.342 e. The van der Waals surface area contributed by atoms with Gasteiger partial charge in [-0.2, -0.15) is 0 Å². The molecule has 0 saturated heterocycles. The first-order chi connectivity index (χ1) is 14.9. The molecule has 2 N–H and O–H groups in total. The van der Waals surface area contributed by atoms with E-state index in [0.29, 0.717) is 23.2 Å². The Hall–Kier alpha value is -2.72. The molecule has 2 aromatic carbocycles. The monoisotopic (exact) mass is 505 g/mol. The molecule has 0 aliphatic heterocycles. The van der Waals surface area contributed by atoms with Crippen LogP contribution in [0.25, 0.3) is 0 Å². The van der Waals surface area contributed by atoms with Gasteiger partial charge in [0.2, 0.25) is 5.91 Å². The molecule has 0 aliphatic rings. The van der Waals surface area contributed by atoms with E-state index in [0.717, 1.165) is 4.47 Å². The summed E-state index contributed by atoms with van der Waals surface area (Å²) >= 11 is 4.61. The molecule has 3 aromatic rings. The van der Waals surface area contributed by atoms with Crippen LogP contribution in [-0.2, 0) is 11.3 Å². The fourth-order valence-electron chi connectivity index (χ4n) is 2.87. The van der Waals surface area contributed by atoms with E-state index in [1.165, 1.54) is 30.0 Å². The predicted octanol–water partition coefficient (Wildman–Crippen LogP) is 4.42. The Morgan fingerprint density at radius 2 is 1.87 bits per heavy atom. The summed E-state index contributed by atoms with van der Waals surface area (Å²) in [5.74, 6) is -0.593. The average molecular weight is 506 g/mol. The number of carbonyl (C=O) groups excluding carboxylic acids is 2. The predicted molar refractivity (Wildman–Crippen MR) is 121 cm³/mol. The molecule has 0 radical (unpaired) electrons. The standard InChI is InChI=1S/C21H21BrFN5O2S/c1-3-28-19(13(2)24-20(30)16-6-4-5-7-17(16)23)26-27-21(28)31-12-18(29)25-15-10-8-14(22)9-11-15/h4-11,13H,3,12H2,1-2H3,(H,24,30)(H,25,29). The number of hydrogen-bond donors (Lipinski definition) is 2. The number of benzene rings is 2.